The molecule has 3 amide bonds. The number of carbonyl (C=O) groups is 3. The maximum absolute atomic E-state index is 13.7. The van der Waals surface area contributed by atoms with E-state index in [1.165, 1.54) is 30.0 Å². The summed E-state index contributed by atoms with van der Waals surface area (Å²) in [5.74, 6) is -1.91. The van der Waals surface area contributed by atoms with E-state index in [9.17, 15) is 18.8 Å². The summed E-state index contributed by atoms with van der Waals surface area (Å²) >= 11 is 7.19. The Morgan fingerprint density at radius 3 is 2.24 bits per heavy atom. The third kappa shape index (κ3) is 8.66. The molecule has 1 heterocycles. The maximum atomic E-state index is 13.7. The molecule has 3 N–H and O–H groups in total. The van der Waals surface area contributed by atoms with Crippen LogP contribution in [0.3, 0.4) is 0 Å². The Morgan fingerprint density at radius 2 is 1.53 bits per heavy atom. The van der Waals surface area contributed by atoms with E-state index in [-0.39, 0.29) is 16.6 Å². The van der Waals surface area contributed by atoms with Gasteiger partial charge in [0.25, 0.3) is 11.8 Å². The van der Waals surface area contributed by atoms with E-state index >= 15 is 0 Å². The number of hydrogen-bond acceptors (Lipinski definition) is 5. The van der Waals surface area contributed by atoms with Gasteiger partial charge in [-0.25, -0.2) is 4.39 Å². The second-order valence-electron chi connectivity index (χ2n) is 9.67. The van der Waals surface area contributed by atoms with Crippen molar-refractivity contribution in [3.8, 4) is 0 Å². The van der Waals surface area contributed by atoms with Crippen LogP contribution in [-0.2, 0) is 9.59 Å². The van der Waals surface area contributed by atoms with Gasteiger partial charge in [-0.3, -0.25) is 19.4 Å². The van der Waals surface area contributed by atoms with Crippen molar-refractivity contribution >= 4 is 58.5 Å². The molecule has 0 aliphatic rings. The van der Waals surface area contributed by atoms with Crippen LogP contribution >= 0.6 is 23.4 Å². The van der Waals surface area contributed by atoms with Crippen LogP contribution in [0.1, 0.15) is 26.7 Å². The van der Waals surface area contributed by atoms with E-state index in [1.54, 1.807) is 79.1 Å². The number of carbonyl (C=O) groups excluding carboxylic acids is 3. The van der Waals surface area contributed by atoms with Crippen molar-refractivity contribution < 1.29 is 18.8 Å². The summed E-state index contributed by atoms with van der Waals surface area (Å²) < 4.78 is 13.7. The van der Waals surface area contributed by atoms with Crippen LogP contribution in [0.5, 0.6) is 0 Å². The molecule has 224 valence electrons. The largest absolute Gasteiger partial charge is 0.325 e. The molecule has 1 unspecified atom stereocenters. The minimum Gasteiger partial charge on any atom is -0.325 e. The number of anilines is 2. The lowest BCUT2D eigenvalue weighted by Gasteiger charge is -2.18. The van der Waals surface area contributed by atoms with Crippen LogP contribution in [0.2, 0.25) is 5.02 Å². The molecule has 45 heavy (non-hydrogen) atoms. The van der Waals surface area contributed by atoms with Crippen LogP contribution < -0.4 is 16.0 Å². The lowest BCUT2D eigenvalue weighted by Crippen LogP contribution is -2.30. The van der Waals surface area contributed by atoms with E-state index in [2.05, 4.69) is 20.9 Å². The molecule has 0 aliphatic carbocycles. The maximum Gasteiger partial charge on any atom is 0.272 e. The number of thioether (sulfide) groups is 1. The average molecular weight is 637 g/mol. The summed E-state index contributed by atoms with van der Waals surface area (Å²) in [4.78, 5) is 44.7. The van der Waals surface area contributed by atoms with Gasteiger partial charge >= 0.3 is 0 Å². The van der Waals surface area contributed by atoms with Crippen molar-refractivity contribution in [2.45, 2.75) is 10.1 Å². The van der Waals surface area contributed by atoms with Crippen molar-refractivity contribution in [2.75, 3.05) is 10.6 Å². The lowest BCUT2D eigenvalue weighted by molar-refractivity contribution is -0.116. The third-order valence-corrected chi connectivity index (χ3v) is 7.94. The first-order valence-corrected chi connectivity index (χ1v) is 15.0. The predicted octanol–water partition coefficient (Wildman–Crippen LogP) is 7.76. The van der Waals surface area contributed by atoms with Gasteiger partial charge in [0, 0.05) is 34.2 Å². The highest BCUT2D eigenvalue weighted by Gasteiger charge is 2.23. The number of amides is 3. The first-order chi connectivity index (χ1) is 21.9. The van der Waals surface area contributed by atoms with Gasteiger partial charge in [0.2, 0.25) is 5.91 Å². The molecule has 1 aromatic heterocycles. The van der Waals surface area contributed by atoms with Gasteiger partial charge in [-0.1, -0.05) is 72.3 Å². The van der Waals surface area contributed by atoms with Crippen molar-refractivity contribution in [1.29, 1.82) is 0 Å². The summed E-state index contributed by atoms with van der Waals surface area (Å²) in [5, 5.41) is 7.58. The fourth-order valence-electron chi connectivity index (χ4n) is 4.23. The molecular formula is C35H26ClFN4O3S. The van der Waals surface area contributed by atoms with Gasteiger partial charge in [0.1, 0.15) is 16.8 Å². The number of pyridine rings is 1. The molecule has 7 nitrogen and oxygen atoms in total. The van der Waals surface area contributed by atoms with Crippen LogP contribution in [0, 0.1) is 5.82 Å². The van der Waals surface area contributed by atoms with E-state index in [0.29, 0.717) is 27.4 Å². The molecule has 0 bridgehead atoms. The number of halogens is 2. The summed E-state index contributed by atoms with van der Waals surface area (Å²) in [6.07, 6.45) is 4.73. The Bertz CT molecular complexity index is 1840. The third-order valence-electron chi connectivity index (χ3n) is 6.40. The molecule has 0 aliphatic heterocycles. The monoisotopic (exact) mass is 636 g/mol. The van der Waals surface area contributed by atoms with E-state index in [4.69, 9.17) is 11.6 Å². The van der Waals surface area contributed by atoms with Gasteiger partial charge in [-0.05, 0) is 71.8 Å². The number of hydrogen-bond donors (Lipinski definition) is 3. The Morgan fingerprint density at radius 1 is 0.800 bits per heavy atom. The Balaban J connectivity index is 1.36. The SMILES string of the molecule is O=C(Nc1cccc(SC(C(=O)Nc2ccc(F)c(Cl)c2)c2ccccc2)c1)/C(=C/c1cccnc1)NC(=O)c1ccccc1. The summed E-state index contributed by atoms with van der Waals surface area (Å²) in [5.41, 5.74) is 2.60. The van der Waals surface area contributed by atoms with Crippen molar-refractivity contribution in [3.63, 3.8) is 0 Å². The molecule has 5 aromatic rings. The average Bonchev–Trinajstić information content (AvgIpc) is 3.06. The van der Waals surface area contributed by atoms with Crippen LogP contribution in [0.15, 0.2) is 138 Å². The first-order valence-electron chi connectivity index (χ1n) is 13.7. The lowest BCUT2D eigenvalue weighted by atomic mass is 10.1. The molecule has 0 saturated carbocycles. The minimum atomic E-state index is -0.688. The highest BCUT2D eigenvalue weighted by molar-refractivity contribution is 8.00. The highest BCUT2D eigenvalue weighted by atomic mass is 35.5. The number of nitrogens with one attached hydrogen (secondary N) is 3. The second kappa shape index (κ2) is 15.0. The molecule has 0 spiro atoms. The molecular weight excluding hydrogens is 611 g/mol. The molecule has 0 fully saturated rings. The minimum absolute atomic E-state index is 0.0226. The van der Waals surface area contributed by atoms with Crippen LogP contribution in [-0.4, -0.2) is 22.7 Å². The molecule has 4 aromatic carbocycles. The number of rotatable bonds is 10. The van der Waals surface area contributed by atoms with E-state index in [1.807, 2.05) is 36.4 Å². The van der Waals surface area contributed by atoms with Gasteiger partial charge < -0.3 is 16.0 Å². The summed E-state index contributed by atoms with van der Waals surface area (Å²) in [6.45, 7) is 0. The molecule has 10 heteroatoms. The molecule has 0 radical (unpaired) electrons. The fraction of sp³-hybridized carbons (Fsp3) is 0.0286. The first kappa shape index (κ1) is 31.2. The number of nitrogens with zero attached hydrogens (tertiary/aromatic N) is 1. The quantitative estimate of drug-likeness (QED) is 0.107. The van der Waals surface area contributed by atoms with Gasteiger partial charge in [-0.15, -0.1) is 11.8 Å². The standard InChI is InChI=1S/C35H26ClFN4O3S/c36-29-21-27(16-17-30(29)37)40-35(44)32(24-10-3-1-4-11-24)45-28-15-7-14-26(20-28)39-34(43)31(19-23-9-8-18-38-22-23)41-33(42)25-12-5-2-6-13-25/h1-22,32H,(H,39,43)(H,40,44)(H,41,42)/b31-19-. The summed E-state index contributed by atoms with van der Waals surface area (Å²) in [6, 6.07) is 32.3. The fourth-order valence-corrected chi connectivity index (χ4v) is 5.50. The normalized spacial score (nSPS) is 11.7. The van der Waals surface area contributed by atoms with Crippen molar-refractivity contribution in [2.24, 2.45) is 0 Å². The molecule has 0 saturated heterocycles. The zero-order chi connectivity index (χ0) is 31.6. The molecule has 5 rings (SSSR count). The van der Waals surface area contributed by atoms with Gasteiger partial charge in [-0.2, -0.15) is 0 Å². The van der Waals surface area contributed by atoms with Gasteiger partial charge in [0.05, 0.1) is 5.02 Å². The van der Waals surface area contributed by atoms with Crippen molar-refractivity contribution in [1.82, 2.24) is 10.3 Å². The van der Waals surface area contributed by atoms with Crippen molar-refractivity contribution in [3.05, 3.63) is 161 Å². The Hall–Kier alpha value is -5.25. The topological polar surface area (TPSA) is 100 Å². The van der Waals surface area contributed by atoms with Crippen LogP contribution in [0.25, 0.3) is 6.08 Å². The van der Waals surface area contributed by atoms with E-state index < -0.39 is 22.9 Å². The zero-order valence-electron chi connectivity index (χ0n) is 23.6. The smallest absolute Gasteiger partial charge is 0.272 e. The van der Waals surface area contributed by atoms with E-state index in [0.717, 1.165) is 5.56 Å². The van der Waals surface area contributed by atoms with Crippen LogP contribution in [0.4, 0.5) is 15.8 Å². The number of aromatic nitrogens is 1. The highest BCUT2D eigenvalue weighted by Crippen LogP contribution is 2.37. The zero-order valence-corrected chi connectivity index (χ0v) is 25.2. The van der Waals surface area contributed by atoms with Gasteiger partial charge in [0.15, 0.2) is 0 Å². The second-order valence-corrected chi connectivity index (χ2v) is 11.3. The Kier molecular flexibility index (Phi) is 10.4. The Labute approximate surface area is 268 Å². The predicted molar refractivity (Wildman–Crippen MR) is 176 cm³/mol. The summed E-state index contributed by atoms with van der Waals surface area (Å²) in [7, 11) is 0. The molecule has 1 atom stereocenters. The number of benzene rings is 4.